The van der Waals surface area contributed by atoms with E-state index in [0.717, 1.165) is 5.56 Å². The highest BCUT2D eigenvalue weighted by atomic mass is 35.5. The monoisotopic (exact) mass is 320 g/mol. The molecular formula is C15H13ClN2O2S. The van der Waals surface area contributed by atoms with Crippen LogP contribution in [0.2, 0.25) is 0 Å². The van der Waals surface area contributed by atoms with Crippen LogP contribution >= 0.6 is 11.6 Å². The molecule has 1 unspecified atom stereocenters. The fraction of sp³-hybridized carbons (Fsp3) is 0.133. The second kappa shape index (κ2) is 5.50. The van der Waals surface area contributed by atoms with Crippen molar-refractivity contribution < 1.29 is 8.42 Å². The lowest BCUT2D eigenvalue weighted by atomic mass is 10.1. The highest BCUT2D eigenvalue weighted by Gasteiger charge is 2.30. The van der Waals surface area contributed by atoms with Crippen molar-refractivity contribution in [2.75, 3.05) is 6.54 Å². The Morgan fingerprint density at radius 2 is 1.71 bits per heavy atom. The number of nitrogens with zero attached hydrogens (tertiary/aromatic N) is 1. The van der Waals surface area contributed by atoms with Gasteiger partial charge < -0.3 is 0 Å². The van der Waals surface area contributed by atoms with Crippen molar-refractivity contribution in [3.63, 3.8) is 0 Å². The lowest BCUT2D eigenvalue weighted by Gasteiger charge is -2.07. The van der Waals surface area contributed by atoms with E-state index in [0.29, 0.717) is 17.9 Å². The molecule has 0 fully saturated rings. The molecule has 21 heavy (non-hydrogen) atoms. The molecule has 2 aromatic carbocycles. The second-order valence-electron chi connectivity index (χ2n) is 4.67. The smallest absolute Gasteiger partial charge is 0.263 e. The Hall–Kier alpha value is -1.85. The second-order valence-corrected chi connectivity index (χ2v) is 6.85. The largest absolute Gasteiger partial charge is 0.265 e. The first kappa shape index (κ1) is 14.1. The summed E-state index contributed by atoms with van der Waals surface area (Å²) in [7, 11) is -3.49. The maximum absolute atomic E-state index is 12.0. The van der Waals surface area contributed by atoms with Crippen molar-refractivity contribution >= 4 is 27.5 Å². The van der Waals surface area contributed by atoms with Gasteiger partial charge in [-0.1, -0.05) is 42.5 Å². The molecule has 0 saturated heterocycles. The summed E-state index contributed by atoms with van der Waals surface area (Å²) in [6.07, 6.45) is 0. The molecule has 0 bridgehead atoms. The van der Waals surface area contributed by atoms with Gasteiger partial charge in [-0.2, -0.15) is 0 Å². The fourth-order valence-electron chi connectivity index (χ4n) is 2.19. The summed E-state index contributed by atoms with van der Waals surface area (Å²) in [5.74, 6) is 0.354. The highest BCUT2D eigenvalue weighted by Crippen LogP contribution is 2.24. The predicted molar refractivity (Wildman–Crippen MR) is 83.2 cm³/mol. The van der Waals surface area contributed by atoms with E-state index in [1.165, 1.54) is 0 Å². The van der Waals surface area contributed by atoms with Crippen molar-refractivity contribution in [1.29, 1.82) is 0 Å². The minimum absolute atomic E-state index is 0.259. The maximum atomic E-state index is 12.0. The van der Waals surface area contributed by atoms with E-state index in [-0.39, 0.29) is 10.3 Å². The van der Waals surface area contributed by atoms with Gasteiger partial charge in [0.05, 0.1) is 16.8 Å². The Labute approximate surface area is 128 Å². The molecule has 6 heteroatoms. The number of amidine groups is 1. The Balaban J connectivity index is 1.86. The molecule has 4 nitrogen and oxygen atoms in total. The molecule has 0 aliphatic carbocycles. The average Bonchev–Trinajstić information content (AvgIpc) is 2.77. The van der Waals surface area contributed by atoms with Crippen molar-refractivity contribution in [2.45, 2.75) is 10.3 Å². The van der Waals surface area contributed by atoms with Crippen molar-refractivity contribution in [3.8, 4) is 0 Å². The summed E-state index contributed by atoms with van der Waals surface area (Å²) in [6, 6.07) is 16.3. The van der Waals surface area contributed by atoms with Crippen LogP contribution in [-0.4, -0.2) is 20.8 Å². The van der Waals surface area contributed by atoms with Gasteiger partial charge in [-0.05, 0) is 17.7 Å². The van der Waals surface area contributed by atoms with Crippen LogP contribution in [-0.2, 0) is 10.0 Å². The molecule has 2 aromatic rings. The van der Waals surface area contributed by atoms with E-state index >= 15 is 0 Å². The molecule has 0 radical (unpaired) electrons. The number of aliphatic imine (C=N–C) groups is 1. The molecule has 0 amide bonds. The quantitative estimate of drug-likeness (QED) is 0.884. The molecule has 0 spiro atoms. The van der Waals surface area contributed by atoms with Crippen molar-refractivity contribution in [2.24, 2.45) is 4.99 Å². The van der Waals surface area contributed by atoms with E-state index in [1.54, 1.807) is 24.3 Å². The lowest BCUT2D eigenvalue weighted by molar-refractivity contribution is 0.595. The average molecular weight is 321 g/mol. The number of hydrogen-bond acceptors (Lipinski definition) is 3. The van der Waals surface area contributed by atoms with Gasteiger partial charge >= 0.3 is 0 Å². The molecule has 1 heterocycles. The summed E-state index contributed by atoms with van der Waals surface area (Å²) in [4.78, 5) is 4.59. The molecule has 1 aliphatic heterocycles. The van der Waals surface area contributed by atoms with E-state index in [4.69, 9.17) is 11.6 Å². The number of alkyl halides is 1. The molecular weight excluding hydrogens is 308 g/mol. The van der Waals surface area contributed by atoms with E-state index < -0.39 is 10.0 Å². The third-order valence-electron chi connectivity index (χ3n) is 3.23. The zero-order valence-electron chi connectivity index (χ0n) is 11.0. The van der Waals surface area contributed by atoms with Crippen molar-refractivity contribution in [1.82, 2.24) is 4.72 Å². The first-order valence-electron chi connectivity index (χ1n) is 6.43. The van der Waals surface area contributed by atoms with Gasteiger partial charge in [0, 0.05) is 5.56 Å². The number of halogens is 1. The van der Waals surface area contributed by atoms with Crippen molar-refractivity contribution in [3.05, 3.63) is 65.7 Å². The zero-order valence-corrected chi connectivity index (χ0v) is 12.6. The number of sulfonamides is 1. The number of nitrogens with one attached hydrogen (secondary N) is 1. The molecule has 108 valence electrons. The molecule has 0 saturated carbocycles. The summed E-state index contributed by atoms with van der Waals surface area (Å²) < 4.78 is 26.4. The Morgan fingerprint density at radius 1 is 1.05 bits per heavy atom. The Bertz CT molecular complexity index is 788. The normalized spacial score (nSPS) is 19.0. The third kappa shape index (κ3) is 2.80. The highest BCUT2D eigenvalue weighted by molar-refractivity contribution is 7.90. The first-order valence-corrected chi connectivity index (χ1v) is 8.35. The van der Waals surface area contributed by atoms with Crippen LogP contribution in [0, 0.1) is 0 Å². The fourth-order valence-corrected chi connectivity index (χ4v) is 3.66. The van der Waals surface area contributed by atoms with E-state index in [1.807, 2.05) is 30.3 Å². The molecule has 1 N–H and O–H groups in total. The number of hydrogen-bond donors (Lipinski definition) is 1. The first-order chi connectivity index (χ1) is 10.1. The van der Waals surface area contributed by atoms with Crippen LogP contribution in [0.1, 0.15) is 16.5 Å². The van der Waals surface area contributed by atoms with Gasteiger partial charge in [0.25, 0.3) is 10.0 Å². The molecule has 0 aromatic heterocycles. The van der Waals surface area contributed by atoms with Gasteiger partial charge in [0.2, 0.25) is 0 Å². The topological polar surface area (TPSA) is 58.5 Å². The summed E-state index contributed by atoms with van der Waals surface area (Å²) in [6.45, 7) is 0.303. The van der Waals surface area contributed by atoms with Crippen LogP contribution < -0.4 is 4.72 Å². The third-order valence-corrected chi connectivity index (χ3v) is 5.02. The summed E-state index contributed by atoms with van der Waals surface area (Å²) >= 11 is 6.30. The van der Waals surface area contributed by atoms with Gasteiger partial charge in [-0.25, -0.2) is 8.42 Å². The molecule has 3 rings (SSSR count). The predicted octanol–water partition coefficient (Wildman–Crippen LogP) is 2.71. The minimum atomic E-state index is -3.49. The number of rotatable bonds is 3. The van der Waals surface area contributed by atoms with Crippen LogP contribution in [0.15, 0.2) is 64.5 Å². The zero-order chi connectivity index (χ0) is 14.9. The Kier molecular flexibility index (Phi) is 3.69. The van der Waals surface area contributed by atoms with Gasteiger partial charge in [0.1, 0.15) is 5.84 Å². The van der Waals surface area contributed by atoms with E-state index in [2.05, 4.69) is 9.71 Å². The lowest BCUT2D eigenvalue weighted by Crippen LogP contribution is -2.22. The van der Waals surface area contributed by atoms with Crippen LogP contribution in [0.5, 0.6) is 0 Å². The van der Waals surface area contributed by atoms with E-state index in [9.17, 15) is 8.42 Å². The number of benzene rings is 2. The SMILES string of the molecule is O=S1(=O)NC(=NCC(Cl)c2ccccc2)c2ccccc21. The number of fused-ring (bicyclic) bond motifs is 1. The van der Waals surface area contributed by atoms with Gasteiger partial charge in [-0.3, -0.25) is 9.71 Å². The Morgan fingerprint density at radius 3 is 2.48 bits per heavy atom. The maximum Gasteiger partial charge on any atom is 0.263 e. The summed E-state index contributed by atoms with van der Waals surface area (Å²) in [5.41, 5.74) is 1.55. The summed E-state index contributed by atoms with van der Waals surface area (Å²) in [5, 5.41) is -0.295. The van der Waals surface area contributed by atoms with Gasteiger partial charge in [0.15, 0.2) is 0 Å². The minimum Gasteiger partial charge on any atom is -0.265 e. The molecule has 1 atom stereocenters. The standard InChI is InChI=1S/C15H13ClN2O2S/c16-13(11-6-2-1-3-7-11)10-17-15-12-8-4-5-9-14(12)21(19,20)18-15/h1-9,13H,10H2,(H,17,18). The van der Waals surface area contributed by atoms with Gasteiger partial charge in [-0.15, -0.1) is 11.6 Å². The van der Waals surface area contributed by atoms with Crippen LogP contribution in [0.25, 0.3) is 0 Å². The molecule has 1 aliphatic rings. The van der Waals surface area contributed by atoms with Crippen LogP contribution in [0.3, 0.4) is 0 Å². The van der Waals surface area contributed by atoms with Crippen LogP contribution in [0.4, 0.5) is 0 Å².